The van der Waals surface area contributed by atoms with Crippen LogP contribution in [0.3, 0.4) is 0 Å². The molecule has 1 saturated heterocycles. The Bertz CT molecular complexity index is 1640. The lowest BCUT2D eigenvalue weighted by atomic mass is 9.78. The summed E-state index contributed by atoms with van der Waals surface area (Å²) in [6.07, 6.45) is 1.17. The van der Waals surface area contributed by atoms with Gasteiger partial charge in [-0.25, -0.2) is 22.8 Å². The molecule has 0 bridgehead atoms. The van der Waals surface area contributed by atoms with Gasteiger partial charge in [-0.3, -0.25) is 14.2 Å². The van der Waals surface area contributed by atoms with Crippen molar-refractivity contribution in [3.63, 3.8) is 0 Å². The van der Waals surface area contributed by atoms with Crippen LogP contribution in [0.5, 0.6) is 0 Å². The maximum Gasteiger partial charge on any atom is 0.404 e. The lowest BCUT2D eigenvalue weighted by molar-refractivity contribution is -0.141. The summed E-state index contributed by atoms with van der Waals surface area (Å²) in [4.78, 5) is 53.0. The fourth-order valence-electron chi connectivity index (χ4n) is 7.44. The number of fused-ring (bicyclic) bond motifs is 3. The Morgan fingerprint density at radius 1 is 0.978 bits per heavy atom. The molecule has 10 nitrogen and oxygen atoms in total. The topological polar surface area (TPSA) is 130 Å². The number of benzene rings is 2. The van der Waals surface area contributed by atoms with Crippen LogP contribution in [0.4, 0.5) is 23.7 Å². The number of cyclic esters (lactones) is 1. The van der Waals surface area contributed by atoms with E-state index in [-0.39, 0.29) is 29.4 Å². The number of nitrogens with one attached hydrogen (secondary N) is 2. The summed E-state index contributed by atoms with van der Waals surface area (Å²) < 4.78 is 47.6. The van der Waals surface area contributed by atoms with E-state index < -0.39 is 55.8 Å². The molecule has 3 amide bonds. The van der Waals surface area contributed by atoms with Crippen LogP contribution in [-0.4, -0.2) is 77.1 Å². The number of halogens is 3. The molecule has 2 aromatic carbocycles. The zero-order valence-corrected chi connectivity index (χ0v) is 25.0. The van der Waals surface area contributed by atoms with Crippen molar-refractivity contribution in [3.8, 4) is 0 Å². The number of ether oxygens (including phenoxy) is 1. The number of rotatable bonds is 9. The quantitative estimate of drug-likeness (QED) is 0.278. The van der Waals surface area contributed by atoms with E-state index in [1.807, 2.05) is 30.3 Å². The number of esters is 1. The molecule has 0 unspecified atom stereocenters. The first-order valence-electron chi connectivity index (χ1n) is 15.4. The van der Waals surface area contributed by atoms with Crippen molar-refractivity contribution in [2.24, 2.45) is 11.8 Å². The van der Waals surface area contributed by atoms with Crippen molar-refractivity contribution in [3.05, 3.63) is 65.9 Å². The van der Waals surface area contributed by atoms with Gasteiger partial charge >= 0.3 is 12.1 Å². The maximum absolute atomic E-state index is 14.0. The second-order valence-corrected chi connectivity index (χ2v) is 12.3. The van der Waals surface area contributed by atoms with Gasteiger partial charge in [0.05, 0.1) is 11.6 Å². The predicted octanol–water partition coefficient (Wildman–Crippen LogP) is 5.14. The summed E-state index contributed by atoms with van der Waals surface area (Å²) in [5.74, 6) is -2.26. The number of aromatic nitrogens is 1. The number of anilines is 1. The molecule has 2 aliphatic heterocycles. The van der Waals surface area contributed by atoms with Gasteiger partial charge in [0.15, 0.2) is 13.3 Å². The van der Waals surface area contributed by atoms with Crippen LogP contribution >= 0.6 is 0 Å². The molecule has 6 rings (SSSR count). The number of likely N-dealkylation sites (tertiary alicyclic amines) is 1. The van der Waals surface area contributed by atoms with Gasteiger partial charge < -0.3 is 25.4 Å². The molecule has 3 atom stereocenters. The van der Waals surface area contributed by atoms with E-state index >= 15 is 0 Å². The van der Waals surface area contributed by atoms with E-state index in [2.05, 4.69) is 10.6 Å². The molecular formula is C33H35F3N4O6. The standard InChI is InChI=1S/C33H35F3N4O6/c34-16-25(38-32(44)45)20-6-8-21(9-7-20)30(42)39-13-12-24(19-4-2-1-3-5-19)28(39)29(41)37-23-10-11-26-22(14-23)15-27-31(43)46-33(17-35,18-36)40(26)27/h1-5,10-11,14-15,20-21,24-25,28,38H,6-9,12-13,16-18H2,(H,37,41)(H,44,45)/t20?,21?,24-,25-,28+/m1/s1. The van der Waals surface area contributed by atoms with Gasteiger partial charge in [0.1, 0.15) is 18.4 Å². The Labute approximate surface area is 262 Å². The number of carbonyl (C=O) groups excluding carboxylic acids is 3. The molecule has 1 saturated carbocycles. The smallest absolute Gasteiger partial charge is 0.404 e. The molecule has 3 aliphatic rings. The zero-order chi connectivity index (χ0) is 32.6. The molecule has 3 N–H and O–H groups in total. The summed E-state index contributed by atoms with van der Waals surface area (Å²) in [6, 6.07) is 14.0. The van der Waals surface area contributed by atoms with Gasteiger partial charge in [0.25, 0.3) is 0 Å². The molecule has 244 valence electrons. The lowest BCUT2D eigenvalue weighted by Gasteiger charge is -2.35. The first kappa shape index (κ1) is 31.4. The second-order valence-electron chi connectivity index (χ2n) is 12.3. The average Bonchev–Trinajstić information content (AvgIpc) is 3.76. The molecule has 1 aromatic heterocycles. The second kappa shape index (κ2) is 12.7. The summed E-state index contributed by atoms with van der Waals surface area (Å²) >= 11 is 0. The van der Waals surface area contributed by atoms with Gasteiger partial charge in [0, 0.05) is 29.5 Å². The fourth-order valence-corrected chi connectivity index (χ4v) is 7.44. The van der Waals surface area contributed by atoms with Crippen LogP contribution in [0.2, 0.25) is 0 Å². The first-order valence-corrected chi connectivity index (χ1v) is 15.4. The van der Waals surface area contributed by atoms with E-state index in [9.17, 15) is 32.3 Å². The molecular weight excluding hydrogens is 605 g/mol. The highest BCUT2D eigenvalue weighted by Gasteiger charge is 2.48. The largest absolute Gasteiger partial charge is 0.465 e. The van der Waals surface area contributed by atoms with Crippen molar-refractivity contribution >= 4 is 40.5 Å². The van der Waals surface area contributed by atoms with Crippen LogP contribution < -0.4 is 10.6 Å². The average molecular weight is 641 g/mol. The van der Waals surface area contributed by atoms with Crippen LogP contribution in [0, 0.1) is 11.8 Å². The third kappa shape index (κ3) is 5.56. The summed E-state index contributed by atoms with van der Waals surface area (Å²) in [6.45, 7) is -2.94. The van der Waals surface area contributed by atoms with E-state index in [0.29, 0.717) is 55.2 Å². The Morgan fingerprint density at radius 3 is 2.35 bits per heavy atom. The van der Waals surface area contributed by atoms with Gasteiger partial charge in [-0.05, 0) is 67.9 Å². The third-order valence-corrected chi connectivity index (χ3v) is 9.73. The molecule has 3 aromatic rings. The maximum atomic E-state index is 14.0. The summed E-state index contributed by atoms with van der Waals surface area (Å²) in [5.41, 5.74) is -0.379. The first-order chi connectivity index (χ1) is 22.2. The monoisotopic (exact) mass is 640 g/mol. The van der Waals surface area contributed by atoms with Crippen molar-refractivity contribution < 1.29 is 42.2 Å². The predicted molar refractivity (Wildman–Crippen MR) is 162 cm³/mol. The molecule has 1 aliphatic carbocycles. The van der Waals surface area contributed by atoms with E-state index in [4.69, 9.17) is 9.84 Å². The molecule has 0 radical (unpaired) electrons. The van der Waals surface area contributed by atoms with Crippen molar-refractivity contribution in [1.29, 1.82) is 0 Å². The van der Waals surface area contributed by atoms with Crippen LogP contribution in [0.15, 0.2) is 54.6 Å². The minimum atomic E-state index is -2.06. The Balaban J connectivity index is 1.23. The van der Waals surface area contributed by atoms with Gasteiger partial charge in [-0.1, -0.05) is 30.3 Å². The van der Waals surface area contributed by atoms with Gasteiger partial charge in [-0.15, -0.1) is 0 Å². The number of carbonyl (C=O) groups is 4. The fraction of sp³-hybridized carbons (Fsp3) is 0.455. The normalized spacial score (nSPS) is 24.3. The number of hydrogen-bond acceptors (Lipinski definition) is 5. The third-order valence-electron chi connectivity index (χ3n) is 9.73. The summed E-state index contributed by atoms with van der Waals surface area (Å²) in [5, 5.41) is 14.7. The number of hydrogen-bond donors (Lipinski definition) is 3. The van der Waals surface area contributed by atoms with Crippen LogP contribution in [-0.2, 0) is 20.1 Å². The molecule has 2 fully saturated rings. The van der Waals surface area contributed by atoms with E-state index in [1.54, 1.807) is 23.1 Å². The van der Waals surface area contributed by atoms with E-state index in [0.717, 1.165) is 5.56 Å². The molecule has 46 heavy (non-hydrogen) atoms. The Hall–Kier alpha value is -4.55. The lowest BCUT2D eigenvalue weighted by Crippen LogP contribution is -2.49. The van der Waals surface area contributed by atoms with Crippen molar-refractivity contribution in [2.45, 2.75) is 55.8 Å². The highest BCUT2D eigenvalue weighted by molar-refractivity contribution is 6.02. The number of amides is 3. The Morgan fingerprint density at radius 2 is 1.70 bits per heavy atom. The van der Waals surface area contributed by atoms with Gasteiger partial charge in [-0.2, -0.15) is 0 Å². The van der Waals surface area contributed by atoms with Crippen molar-refractivity contribution in [2.75, 3.05) is 31.9 Å². The molecule has 0 spiro atoms. The highest BCUT2D eigenvalue weighted by Crippen LogP contribution is 2.40. The SMILES string of the molecule is O=C(O)N[C@H](CF)C1CCC(C(=O)N2CC[C@H](c3ccccc3)[C@H]2C(=O)Nc2ccc3c(c2)cc2n3C(CF)(CF)OC2=O)CC1. The minimum absolute atomic E-state index is 0.0109. The van der Waals surface area contributed by atoms with Gasteiger partial charge in [0.2, 0.25) is 17.5 Å². The molecule has 3 heterocycles. The molecule has 13 heteroatoms. The number of nitrogens with zero attached hydrogens (tertiary/aromatic N) is 2. The van der Waals surface area contributed by atoms with E-state index in [1.165, 1.54) is 10.6 Å². The van der Waals surface area contributed by atoms with Crippen molar-refractivity contribution in [1.82, 2.24) is 14.8 Å². The minimum Gasteiger partial charge on any atom is -0.465 e. The Kier molecular flexibility index (Phi) is 8.67. The van der Waals surface area contributed by atoms with Crippen LogP contribution in [0.1, 0.15) is 54.1 Å². The van der Waals surface area contributed by atoms with Crippen LogP contribution in [0.25, 0.3) is 10.9 Å². The summed E-state index contributed by atoms with van der Waals surface area (Å²) in [7, 11) is 0. The highest BCUT2D eigenvalue weighted by atomic mass is 19.1. The number of carboxylic acid groups (broad SMARTS) is 1. The number of alkyl halides is 3. The zero-order valence-electron chi connectivity index (χ0n) is 25.0.